The average molecular weight is 417 g/mol. The molecule has 3 aromatic heterocycles. The normalized spacial score (nSPS) is 11.0. The summed E-state index contributed by atoms with van der Waals surface area (Å²) in [5.74, 6) is 1.38. The number of anilines is 1. The summed E-state index contributed by atoms with van der Waals surface area (Å²) < 4.78 is 6.32. The summed E-state index contributed by atoms with van der Waals surface area (Å²) in [4.78, 5) is 16.9. The van der Waals surface area contributed by atoms with Crippen LogP contribution >= 0.6 is 34.4 Å². The predicted molar refractivity (Wildman–Crippen MR) is 111 cm³/mol. The van der Waals surface area contributed by atoms with Gasteiger partial charge in [-0.05, 0) is 36.6 Å². The van der Waals surface area contributed by atoms with Crippen molar-refractivity contribution in [1.29, 1.82) is 0 Å². The molecular formula is C18H16N4O2S3. The van der Waals surface area contributed by atoms with Gasteiger partial charge in [0.15, 0.2) is 4.34 Å². The molecule has 2 N–H and O–H groups in total. The van der Waals surface area contributed by atoms with Gasteiger partial charge in [0.2, 0.25) is 5.13 Å². The Balaban J connectivity index is 1.42. The van der Waals surface area contributed by atoms with Gasteiger partial charge in [0.25, 0.3) is 5.91 Å². The van der Waals surface area contributed by atoms with E-state index in [1.54, 1.807) is 23.1 Å². The smallest absolute Gasteiger partial charge is 0.273 e. The summed E-state index contributed by atoms with van der Waals surface area (Å²) in [6.07, 6.45) is 0. The Kier molecular flexibility index (Phi) is 5.42. The number of rotatable bonds is 7. The first-order valence-electron chi connectivity index (χ1n) is 8.27. The van der Waals surface area contributed by atoms with Crippen molar-refractivity contribution in [1.82, 2.24) is 15.2 Å². The second-order valence-electron chi connectivity index (χ2n) is 5.56. The van der Waals surface area contributed by atoms with Crippen molar-refractivity contribution in [2.24, 2.45) is 0 Å². The van der Waals surface area contributed by atoms with Crippen molar-refractivity contribution in [3.8, 4) is 5.75 Å². The van der Waals surface area contributed by atoms with E-state index in [1.165, 1.54) is 16.2 Å². The third-order valence-electron chi connectivity index (χ3n) is 3.69. The molecule has 0 bridgehead atoms. The number of aromatic amines is 1. The summed E-state index contributed by atoms with van der Waals surface area (Å²) in [7, 11) is 0. The third kappa shape index (κ3) is 4.32. The monoisotopic (exact) mass is 416 g/mol. The van der Waals surface area contributed by atoms with Crippen LogP contribution in [0.3, 0.4) is 0 Å². The van der Waals surface area contributed by atoms with E-state index in [-0.39, 0.29) is 5.91 Å². The molecule has 0 aliphatic rings. The van der Waals surface area contributed by atoms with E-state index in [2.05, 4.69) is 31.9 Å². The van der Waals surface area contributed by atoms with Crippen molar-refractivity contribution >= 4 is 56.4 Å². The fourth-order valence-corrected chi connectivity index (χ4v) is 5.02. The molecule has 1 amide bonds. The SMILES string of the molecule is CCOc1ccc2cc(C(=O)Nc3nnc(SCc4cccs4)s3)[nH]c2c1. The first-order chi connectivity index (χ1) is 13.2. The lowest BCUT2D eigenvalue weighted by molar-refractivity contribution is 0.102. The number of carbonyl (C=O) groups excluding carboxylic acids is 1. The Morgan fingerprint density at radius 2 is 2.22 bits per heavy atom. The Morgan fingerprint density at radius 3 is 3.04 bits per heavy atom. The van der Waals surface area contributed by atoms with Crippen LogP contribution < -0.4 is 10.1 Å². The van der Waals surface area contributed by atoms with Gasteiger partial charge < -0.3 is 9.72 Å². The van der Waals surface area contributed by atoms with Gasteiger partial charge in [-0.25, -0.2) is 0 Å². The van der Waals surface area contributed by atoms with Gasteiger partial charge in [-0.1, -0.05) is 29.2 Å². The standard InChI is InChI=1S/C18H16N4O2S3/c1-2-24-12-6-5-11-8-15(19-14(11)9-12)16(23)20-17-21-22-18(27-17)26-10-13-4-3-7-25-13/h3-9,19H,2,10H2,1H3,(H,20,21,23). The minimum absolute atomic E-state index is 0.241. The lowest BCUT2D eigenvalue weighted by Crippen LogP contribution is -2.11. The van der Waals surface area contributed by atoms with E-state index in [0.717, 1.165) is 26.7 Å². The number of H-pyrrole nitrogens is 1. The second-order valence-corrected chi connectivity index (χ2v) is 8.79. The number of thioether (sulfide) groups is 1. The fraction of sp³-hybridized carbons (Fsp3) is 0.167. The molecule has 0 aliphatic carbocycles. The molecule has 0 fully saturated rings. The Bertz CT molecular complexity index is 1060. The zero-order valence-electron chi connectivity index (χ0n) is 14.4. The zero-order chi connectivity index (χ0) is 18.6. The number of nitrogens with zero attached hydrogens (tertiary/aromatic N) is 2. The molecule has 27 heavy (non-hydrogen) atoms. The van der Waals surface area contributed by atoms with Crippen LogP contribution in [0.15, 0.2) is 46.1 Å². The second kappa shape index (κ2) is 8.12. The number of nitrogens with one attached hydrogen (secondary N) is 2. The molecule has 4 rings (SSSR count). The number of fused-ring (bicyclic) bond motifs is 1. The van der Waals surface area contributed by atoms with Crippen LogP contribution in [0.1, 0.15) is 22.3 Å². The zero-order valence-corrected chi connectivity index (χ0v) is 16.8. The molecule has 0 saturated carbocycles. The number of hydrogen-bond acceptors (Lipinski definition) is 7. The van der Waals surface area contributed by atoms with Crippen LogP contribution in [0.25, 0.3) is 10.9 Å². The van der Waals surface area contributed by atoms with Crippen LogP contribution in [0, 0.1) is 0 Å². The van der Waals surface area contributed by atoms with E-state index in [9.17, 15) is 4.79 Å². The minimum atomic E-state index is -0.241. The molecule has 6 nitrogen and oxygen atoms in total. The van der Waals surface area contributed by atoms with Gasteiger partial charge in [0.1, 0.15) is 11.4 Å². The number of hydrogen-bond donors (Lipinski definition) is 2. The molecule has 138 valence electrons. The predicted octanol–water partition coefficient (Wildman–Crippen LogP) is 5.02. The van der Waals surface area contributed by atoms with Gasteiger partial charge in [-0.2, -0.15) is 0 Å². The maximum absolute atomic E-state index is 12.5. The Hall–Kier alpha value is -2.36. The average Bonchev–Trinajstić information content (AvgIpc) is 3.40. The van der Waals surface area contributed by atoms with Crippen molar-refractivity contribution < 1.29 is 9.53 Å². The highest BCUT2D eigenvalue weighted by Crippen LogP contribution is 2.30. The molecular weight excluding hydrogens is 400 g/mol. The van der Waals surface area contributed by atoms with Crippen LogP contribution in [-0.4, -0.2) is 27.7 Å². The molecule has 0 aliphatic heterocycles. The highest BCUT2D eigenvalue weighted by molar-refractivity contribution is 8.00. The van der Waals surface area contributed by atoms with Gasteiger partial charge in [0.05, 0.1) is 6.61 Å². The van der Waals surface area contributed by atoms with Crippen molar-refractivity contribution in [2.75, 3.05) is 11.9 Å². The number of thiophene rings is 1. The highest BCUT2D eigenvalue weighted by Gasteiger charge is 2.13. The van der Waals surface area contributed by atoms with E-state index >= 15 is 0 Å². The van der Waals surface area contributed by atoms with Gasteiger partial charge in [-0.15, -0.1) is 21.5 Å². The van der Waals surface area contributed by atoms with Crippen LogP contribution in [-0.2, 0) is 5.75 Å². The lowest BCUT2D eigenvalue weighted by atomic mass is 10.2. The summed E-state index contributed by atoms with van der Waals surface area (Å²) in [6, 6.07) is 11.6. The van der Waals surface area contributed by atoms with E-state index in [0.29, 0.717) is 17.4 Å². The van der Waals surface area contributed by atoms with E-state index < -0.39 is 0 Å². The molecule has 4 aromatic rings. The fourth-order valence-electron chi connectivity index (χ4n) is 2.50. The van der Waals surface area contributed by atoms with Crippen molar-refractivity contribution in [2.45, 2.75) is 17.0 Å². The van der Waals surface area contributed by atoms with Gasteiger partial charge in [-0.3, -0.25) is 10.1 Å². The van der Waals surface area contributed by atoms with Gasteiger partial charge >= 0.3 is 0 Å². The molecule has 9 heteroatoms. The molecule has 0 radical (unpaired) electrons. The molecule has 0 spiro atoms. The van der Waals surface area contributed by atoms with Crippen LogP contribution in [0.4, 0.5) is 5.13 Å². The molecule has 0 atom stereocenters. The van der Waals surface area contributed by atoms with Gasteiger partial charge in [0, 0.05) is 27.6 Å². The summed E-state index contributed by atoms with van der Waals surface area (Å²) >= 11 is 4.70. The van der Waals surface area contributed by atoms with Crippen molar-refractivity contribution in [3.63, 3.8) is 0 Å². The largest absolute Gasteiger partial charge is 0.494 e. The molecule has 0 unspecified atom stereocenters. The maximum atomic E-state index is 12.5. The number of carbonyl (C=O) groups is 1. The number of ether oxygens (including phenoxy) is 1. The van der Waals surface area contributed by atoms with Crippen LogP contribution in [0.5, 0.6) is 5.75 Å². The highest BCUT2D eigenvalue weighted by atomic mass is 32.2. The number of aromatic nitrogens is 3. The molecule has 3 heterocycles. The van der Waals surface area contributed by atoms with E-state index in [1.807, 2.05) is 37.3 Å². The van der Waals surface area contributed by atoms with Crippen LogP contribution in [0.2, 0.25) is 0 Å². The van der Waals surface area contributed by atoms with E-state index in [4.69, 9.17) is 4.74 Å². The van der Waals surface area contributed by atoms with Crippen molar-refractivity contribution in [3.05, 3.63) is 52.3 Å². The Labute approximate surface area is 168 Å². The molecule has 0 saturated heterocycles. The number of benzene rings is 1. The minimum Gasteiger partial charge on any atom is -0.494 e. The number of amides is 1. The maximum Gasteiger partial charge on any atom is 0.273 e. The quantitative estimate of drug-likeness (QED) is 0.326. The summed E-state index contributed by atoms with van der Waals surface area (Å²) in [5, 5.41) is 14.5. The topological polar surface area (TPSA) is 79.9 Å². The lowest BCUT2D eigenvalue weighted by Gasteiger charge is -2.01. The third-order valence-corrected chi connectivity index (χ3v) is 6.77. The summed E-state index contributed by atoms with van der Waals surface area (Å²) in [5.41, 5.74) is 1.33. The summed E-state index contributed by atoms with van der Waals surface area (Å²) in [6.45, 7) is 2.54. The Morgan fingerprint density at radius 1 is 1.30 bits per heavy atom. The first-order valence-corrected chi connectivity index (χ1v) is 10.9. The molecule has 1 aromatic carbocycles. The first kappa shape index (κ1) is 18.0.